The van der Waals surface area contributed by atoms with Gasteiger partial charge in [0.2, 0.25) is 0 Å². The molecule has 2 aromatic rings. The molecule has 2 rings (SSSR count). The van der Waals surface area contributed by atoms with Crippen molar-refractivity contribution in [2.75, 3.05) is 18.5 Å². The van der Waals surface area contributed by atoms with Gasteiger partial charge in [0.15, 0.2) is 16.6 Å². The summed E-state index contributed by atoms with van der Waals surface area (Å²) in [6.45, 7) is 4.73. The number of carbonyl (C=O) groups excluding carboxylic acids is 1. The SMILES string of the molecule is CCOc1ccc(C(=O)Nc2ncc(C#N)s2)cc1OCC. The third-order valence-corrected chi connectivity index (χ3v) is 3.46. The van der Waals surface area contributed by atoms with Crippen molar-refractivity contribution in [3.63, 3.8) is 0 Å². The van der Waals surface area contributed by atoms with Gasteiger partial charge < -0.3 is 9.47 Å². The summed E-state index contributed by atoms with van der Waals surface area (Å²) in [5.74, 6) is 0.804. The van der Waals surface area contributed by atoms with Crippen molar-refractivity contribution < 1.29 is 14.3 Å². The Balaban J connectivity index is 2.18. The molecule has 0 saturated carbocycles. The molecule has 0 aliphatic carbocycles. The average Bonchev–Trinajstić information content (AvgIpc) is 2.97. The molecule has 0 fully saturated rings. The number of hydrogen-bond acceptors (Lipinski definition) is 6. The standard InChI is InChI=1S/C15H15N3O3S/c1-3-20-12-6-5-10(7-13(12)21-4-2)14(19)18-15-17-9-11(8-16)22-15/h5-7,9H,3-4H2,1-2H3,(H,17,18,19). The molecule has 22 heavy (non-hydrogen) atoms. The minimum atomic E-state index is -0.317. The zero-order valence-corrected chi connectivity index (χ0v) is 13.1. The fourth-order valence-corrected chi connectivity index (χ4v) is 2.35. The number of benzene rings is 1. The molecule has 0 bridgehead atoms. The molecule has 1 heterocycles. The van der Waals surface area contributed by atoms with Gasteiger partial charge in [0.1, 0.15) is 10.9 Å². The quantitative estimate of drug-likeness (QED) is 0.885. The zero-order chi connectivity index (χ0) is 15.9. The summed E-state index contributed by atoms with van der Waals surface area (Å²) in [6, 6.07) is 6.96. The number of amides is 1. The van der Waals surface area contributed by atoms with E-state index >= 15 is 0 Å². The van der Waals surface area contributed by atoms with E-state index in [0.717, 1.165) is 11.3 Å². The predicted molar refractivity (Wildman–Crippen MR) is 83.6 cm³/mol. The van der Waals surface area contributed by atoms with Crippen molar-refractivity contribution >= 4 is 22.4 Å². The molecule has 6 nitrogen and oxygen atoms in total. The van der Waals surface area contributed by atoms with Gasteiger partial charge in [0, 0.05) is 5.56 Å². The van der Waals surface area contributed by atoms with E-state index in [9.17, 15) is 4.79 Å². The molecule has 1 aromatic heterocycles. The van der Waals surface area contributed by atoms with Gasteiger partial charge in [-0.25, -0.2) is 4.98 Å². The Morgan fingerprint density at radius 3 is 2.68 bits per heavy atom. The number of ether oxygens (including phenoxy) is 2. The van der Waals surface area contributed by atoms with Crippen LogP contribution in [0, 0.1) is 11.3 Å². The molecule has 0 aliphatic heterocycles. The number of carbonyl (C=O) groups is 1. The lowest BCUT2D eigenvalue weighted by Crippen LogP contribution is -2.12. The minimum Gasteiger partial charge on any atom is -0.490 e. The number of anilines is 1. The van der Waals surface area contributed by atoms with Crippen LogP contribution < -0.4 is 14.8 Å². The van der Waals surface area contributed by atoms with Gasteiger partial charge in [-0.05, 0) is 32.0 Å². The number of nitrogens with zero attached hydrogens (tertiary/aromatic N) is 2. The van der Waals surface area contributed by atoms with E-state index in [1.165, 1.54) is 6.20 Å². The number of nitrogens with one attached hydrogen (secondary N) is 1. The zero-order valence-electron chi connectivity index (χ0n) is 12.3. The molecule has 0 atom stereocenters. The normalized spacial score (nSPS) is 9.86. The van der Waals surface area contributed by atoms with Crippen LogP contribution in [-0.4, -0.2) is 24.1 Å². The van der Waals surface area contributed by atoms with Gasteiger partial charge in [-0.1, -0.05) is 11.3 Å². The Morgan fingerprint density at radius 2 is 2.05 bits per heavy atom. The van der Waals surface area contributed by atoms with E-state index in [0.29, 0.717) is 40.3 Å². The average molecular weight is 317 g/mol. The third-order valence-electron chi connectivity index (χ3n) is 2.64. The fourth-order valence-electron chi connectivity index (χ4n) is 1.75. The number of aromatic nitrogens is 1. The molecule has 7 heteroatoms. The van der Waals surface area contributed by atoms with Crippen LogP contribution in [0.15, 0.2) is 24.4 Å². The first kappa shape index (κ1) is 15.8. The second kappa shape index (κ2) is 7.43. The highest BCUT2D eigenvalue weighted by Crippen LogP contribution is 2.29. The first-order valence-electron chi connectivity index (χ1n) is 6.74. The molecule has 1 N–H and O–H groups in total. The van der Waals surface area contributed by atoms with Gasteiger partial charge in [0.05, 0.1) is 19.4 Å². The molecule has 0 saturated heterocycles. The number of nitriles is 1. The molecular formula is C15H15N3O3S. The molecule has 114 valence electrons. The number of thiazole rings is 1. The van der Waals surface area contributed by atoms with E-state index < -0.39 is 0 Å². The summed E-state index contributed by atoms with van der Waals surface area (Å²) in [5, 5.41) is 11.8. The maximum Gasteiger partial charge on any atom is 0.257 e. The molecule has 1 aromatic carbocycles. The second-order valence-corrected chi connectivity index (χ2v) is 5.15. The topological polar surface area (TPSA) is 84.2 Å². The lowest BCUT2D eigenvalue weighted by Gasteiger charge is -2.12. The van der Waals surface area contributed by atoms with Crippen LogP contribution in [0.3, 0.4) is 0 Å². The summed E-state index contributed by atoms with van der Waals surface area (Å²) in [5.41, 5.74) is 0.431. The highest BCUT2D eigenvalue weighted by atomic mass is 32.1. The minimum absolute atomic E-state index is 0.317. The van der Waals surface area contributed by atoms with E-state index in [2.05, 4.69) is 10.3 Å². The molecule has 0 aliphatic rings. The Kier molecular flexibility index (Phi) is 5.33. The van der Waals surface area contributed by atoms with Crippen LogP contribution in [0.1, 0.15) is 29.1 Å². The van der Waals surface area contributed by atoms with Gasteiger partial charge in [0.25, 0.3) is 5.91 Å². The largest absolute Gasteiger partial charge is 0.490 e. The van der Waals surface area contributed by atoms with E-state index in [1.807, 2.05) is 19.9 Å². The molecule has 0 unspecified atom stereocenters. The number of rotatable bonds is 6. The lowest BCUT2D eigenvalue weighted by atomic mass is 10.2. The van der Waals surface area contributed by atoms with Crippen molar-refractivity contribution in [1.29, 1.82) is 5.26 Å². The highest BCUT2D eigenvalue weighted by Gasteiger charge is 2.13. The van der Waals surface area contributed by atoms with E-state index in [1.54, 1.807) is 18.2 Å². The molecule has 0 radical (unpaired) electrons. The number of hydrogen-bond donors (Lipinski definition) is 1. The first-order chi connectivity index (χ1) is 10.7. The Bertz CT molecular complexity index is 706. The molecular weight excluding hydrogens is 302 g/mol. The van der Waals surface area contributed by atoms with E-state index in [-0.39, 0.29) is 5.91 Å². The summed E-state index contributed by atoms with van der Waals surface area (Å²) < 4.78 is 10.9. The Labute approximate surface area is 132 Å². The van der Waals surface area contributed by atoms with Crippen LogP contribution in [0.2, 0.25) is 0 Å². The summed E-state index contributed by atoms with van der Waals surface area (Å²) >= 11 is 1.12. The van der Waals surface area contributed by atoms with Crippen LogP contribution in [0.25, 0.3) is 0 Å². The van der Waals surface area contributed by atoms with E-state index in [4.69, 9.17) is 14.7 Å². The van der Waals surface area contributed by atoms with Crippen LogP contribution in [0.5, 0.6) is 11.5 Å². The maximum atomic E-state index is 12.2. The monoisotopic (exact) mass is 317 g/mol. The van der Waals surface area contributed by atoms with Crippen molar-refractivity contribution in [1.82, 2.24) is 4.98 Å². The van der Waals surface area contributed by atoms with Gasteiger partial charge in [-0.15, -0.1) is 0 Å². The fraction of sp³-hybridized carbons (Fsp3) is 0.267. The predicted octanol–water partition coefficient (Wildman–Crippen LogP) is 3.06. The van der Waals surface area contributed by atoms with Crippen LogP contribution in [-0.2, 0) is 0 Å². The first-order valence-corrected chi connectivity index (χ1v) is 7.56. The van der Waals surface area contributed by atoms with Crippen LogP contribution in [0.4, 0.5) is 5.13 Å². The summed E-state index contributed by atoms with van der Waals surface area (Å²) in [4.78, 5) is 16.6. The second-order valence-electron chi connectivity index (χ2n) is 4.12. The Hall–Kier alpha value is -2.59. The summed E-state index contributed by atoms with van der Waals surface area (Å²) in [6.07, 6.45) is 1.42. The maximum absolute atomic E-state index is 12.2. The highest BCUT2D eigenvalue weighted by molar-refractivity contribution is 7.16. The van der Waals surface area contributed by atoms with Gasteiger partial charge in [-0.3, -0.25) is 10.1 Å². The molecule has 1 amide bonds. The summed E-state index contributed by atoms with van der Waals surface area (Å²) in [7, 11) is 0. The van der Waals surface area contributed by atoms with Gasteiger partial charge in [-0.2, -0.15) is 5.26 Å². The van der Waals surface area contributed by atoms with Crippen molar-refractivity contribution in [2.24, 2.45) is 0 Å². The Morgan fingerprint density at radius 1 is 1.32 bits per heavy atom. The third kappa shape index (κ3) is 3.74. The van der Waals surface area contributed by atoms with Crippen molar-refractivity contribution in [3.8, 4) is 17.6 Å². The van der Waals surface area contributed by atoms with Crippen molar-refractivity contribution in [2.45, 2.75) is 13.8 Å². The van der Waals surface area contributed by atoms with Crippen molar-refractivity contribution in [3.05, 3.63) is 34.8 Å². The molecule has 0 spiro atoms. The van der Waals surface area contributed by atoms with Crippen LogP contribution >= 0.6 is 11.3 Å². The van der Waals surface area contributed by atoms with Gasteiger partial charge >= 0.3 is 0 Å². The lowest BCUT2D eigenvalue weighted by molar-refractivity contribution is 0.102. The smallest absolute Gasteiger partial charge is 0.257 e.